The summed E-state index contributed by atoms with van der Waals surface area (Å²) in [6, 6.07) is 21.8. The number of rotatable bonds is 6. The fraction of sp³-hybridized carbons (Fsp3) is 0.143. The predicted molar refractivity (Wildman–Crippen MR) is 138 cm³/mol. The van der Waals surface area contributed by atoms with Crippen molar-refractivity contribution in [1.82, 2.24) is 24.3 Å². The molecule has 0 saturated carbocycles. The van der Waals surface area contributed by atoms with Gasteiger partial charge in [-0.1, -0.05) is 42.0 Å². The number of halogens is 3. The van der Waals surface area contributed by atoms with Crippen molar-refractivity contribution < 1.29 is 27.9 Å². The average Bonchev–Trinajstić information content (AvgIpc) is 3.53. The molecule has 0 aliphatic heterocycles. The number of carboxylic acid groups (broad SMARTS) is 1. The molecule has 200 valence electrons. The summed E-state index contributed by atoms with van der Waals surface area (Å²) in [5.74, 6) is -2.21. The highest BCUT2D eigenvalue weighted by Crippen LogP contribution is 2.24. The molecule has 8 nitrogen and oxygen atoms in total. The molecule has 11 heteroatoms. The highest BCUT2D eigenvalue weighted by atomic mass is 19.4. The van der Waals surface area contributed by atoms with Gasteiger partial charge >= 0.3 is 12.1 Å². The van der Waals surface area contributed by atoms with E-state index >= 15 is 0 Å². The Balaban J connectivity index is 0.000000448. The van der Waals surface area contributed by atoms with Gasteiger partial charge in [-0.3, -0.25) is 14.2 Å². The van der Waals surface area contributed by atoms with Crippen LogP contribution in [0.5, 0.6) is 0 Å². The van der Waals surface area contributed by atoms with Gasteiger partial charge in [0.2, 0.25) is 0 Å². The van der Waals surface area contributed by atoms with E-state index in [1.54, 1.807) is 6.20 Å². The van der Waals surface area contributed by atoms with Crippen LogP contribution in [0.4, 0.5) is 13.2 Å². The number of alkyl halides is 3. The summed E-state index contributed by atoms with van der Waals surface area (Å²) in [7, 11) is 0. The molecule has 0 radical (unpaired) electrons. The van der Waals surface area contributed by atoms with Crippen LogP contribution in [0.1, 0.15) is 27.3 Å². The van der Waals surface area contributed by atoms with Crippen molar-refractivity contribution in [3.05, 3.63) is 114 Å². The number of benzene rings is 1. The number of carbonyl (C=O) groups excluding carboxylic acids is 1. The number of carboxylic acids is 1. The lowest BCUT2D eigenvalue weighted by molar-refractivity contribution is -0.192. The molecule has 4 aromatic heterocycles. The molecular weight excluding hydrogens is 511 g/mol. The van der Waals surface area contributed by atoms with E-state index < -0.39 is 12.1 Å². The van der Waals surface area contributed by atoms with E-state index in [0.29, 0.717) is 18.8 Å². The first-order valence-corrected chi connectivity index (χ1v) is 11.8. The quantitative estimate of drug-likeness (QED) is 0.314. The number of pyridine rings is 2. The number of hydrogen-bond donors (Lipinski definition) is 2. The third-order valence-electron chi connectivity index (χ3n) is 5.66. The van der Waals surface area contributed by atoms with Crippen LogP contribution < -0.4 is 5.32 Å². The molecule has 0 unspecified atom stereocenters. The van der Waals surface area contributed by atoms with Crippen molar-refractivity contribution in [1.29, 1.82) is 0 Å². The molecule has 1 amide bonds. The van der Waals surface area contributed by atoms with Crippen LogP contribution in [-0.4, -0.2) is 42.1 Å². The van der Waals surface area contributed by atoms with Crippen LogP contribution in [0.3, 0.4) is 0 Å². The van der Waals surface area contributed by atoms with Crippen molar-refractivity contribution in [3.8, 4) is 11.4 Å². The SMILES string of the molecule is Cc1ccc(CNC(=O)c2nc(-c3ccn(Cc4ccccn4)c3)n3ccccc23)cc1.O=C(O)C(F)(F)F. The molecule has 4 heterocycles. The van der Waals surface area contributed by atoms with E-state index in [1.807, 2.05) is 96.6 Å². The first-order chi connectivity index (χ1) is 18.6. The molecule has 5 rings (SSSR count). The second-order valence-corrected chi connectivity index (χ2v) is 8.60. The molecule has 2 N–H and O–H groups in total. The summed E-state index contributed by atoms with van der Waals surface area (Å²) in [5, 5.41) is 10.1. The highest BCUT2D eigenvalue weighted by molar-refractivity contribution is 6.00. The van der Waals surface area contributed by atoms with E-state index in [4.69, 9.17) is 14.9 Å². The number of imidazole rings is 1. The maximum absolute atomic E-state index is 13.0. The lowest BCUT2D eigenvalue weighted by Gasteiger charge is -2.04. The van der Waals surface area contributed by atoms with Crippen LogP contribution in [-0.2, 0) is 17.9 Å². The molecule has 0 aliphatic rings. The summed E-state index contributed by atoms with van der Waals surface area (Å²) < 4.78 is 35.8. The Morgan fingerprint density at radius 2 is 1.69 bits per heavy atom. The van der Waals surface area contributed by atoms with Gasteiger partial charge in [0.15, 0.2) is 5.69 Å². The second kappa shape index (κ2) is 11.6. The lowest BCUT2D eigenvalue weighted by atomic mass is 10.1. The largest absolute Gasteiger partial charge is 0.490 e. The number of hydrogen-bond acceptors (Lipinski definition) is 4. The Hall–Kier alpha value is -4.93. The van der Waals surface area contributed by atoms with Crippen molar-refractivity contribution in [2.45, 2.75) is 26.2 Å². The second-order valence-electron chi connectivity index (χ2n) is 8.60. The maximum atomic E-state index is 13.0. The number of nitrogens with zero attached hydrogens (tertiary/aromatic N) is 4. The van der Waals surface area contributed by atoms with Gasteiger partial charge in [0.1, 0.15) is 5.82 Å². The fourth-order valence-corrected chi connectivity index (χ4v) is 3.73. The van der Waals surface area contributed by atoms with Crippen molar-refractivity contribution in [3.63, 3.8) is 0 Å². The van der Waals surface area contributed by atoms with E-state index in [-0.39, 0.29) is 5.91 Å². The average molecular weight is 536 g/mol. The first kappa shape index (κ1) is 27.1. The van der Waals surface area contributed by atoms with E-state index in [2.05, 4.69) is 14.9 Å². The molecule has 0 spiro atoms. The molecule has 0 fully saturated rings. The molecule has 1 aromatic carbocycles. The van der Waals surface area contributed by atoms with Gasteiger partial charge in [0, 0.05) is 36.9 Å². The van der Waals surface area contributed by atoms with Crippen LogP contribution >= 0.6 is 0 Å². The summed E-state index contributed by atoms with van der Waals surface area (Å²) in [4.78, 5) is 31.0. The van der Waals surface area contributed by atoms with Crippen molar-refractivity contribution in [2.75, 3.05) is 0 Å². The van der Waals surface area contributed by atoms with Crippen LogP contribution in [0.15, 0.2) is 91.5 Å². The smallest absolute Gasteiger partial charge is 0.475 e. The molecule has 0 saturated heterocycles. The summed E-state index contributed by atoms with van der Waals surface area (Å²) >= 11 is 0. The maximum Gasteiger partial charge on any atom is 0.490 e. The van der Waals surface area contributed by atoms with E-state index in [0.717, 1.165) is 28.2 Å². The molecule has 0 atom stereocenters. The fourth-order valence-electron chi connectivity index (χ4n) is 3.73. The Kier molecular flexibility index (Phi) is 8.09. The Morgan fingerprint density at radius 3 is 2.36 bits per heavy atom. The monoisotopic (exact) mass is 535 g/mol. The zero-order valence-corrected chi connectivity index (χ0v) is 20.8. The van der Waals surface area contributed by atoms with Crippen LogP contribution in [0, 0.1) is 6.92 Å². The minimum atomic E-state index is -5.08. The van der Waals surface area contributed by atoms with Gasteiger partial charge in [-0.15, -0.1) is 0 Å². The van der Waals surface area contributed by atoms with E-state index in [1.165, 1.54) is 5.56 Å². The molecule has 0 bridgehead atoms. The van der Waals surface area contributed by atoms with Gasteiger partial charge in [0.25, 0.3) is 5.91 Å². The Morgan fingerprint density at radius 1 is 0.974 bits per heavy atom. The van der Waals surface area contributed by atoms with Gasteiger partial charge < -0.3 is 15.0 Å². The van der Waals surface area contributed by atoms with Gasteiger partial charge in [0.05, 0.1) is 17.8 Å². The number of carbonyl (C=O) groups is 2. The number of amides is 1. The summed E-state index contributed by atoms with van der Waals surface area (Å²) in [6.45, 7) is 3.18. The van der Waals surface area contributed by atoms with Crippen LogP contribution in [0.2, 0.25) is 0 Å². The Labute approximate surface area is 221 Å². The van der Waals surface area contributed by atoms with Gasteiger partial charge in [-0.2, -0.15) is 13.2 Å². The number of aryl methyl sites for hydroxylation is 1. The molecule has 39 heavy (non-hydrogen) atoms. The highest BCUT2D eigenvalue weighted by Gasteiger charge is 2.38. The molecular formula is C28H24F3N5O3. The predicted octanol–water partition coefficient (Wildman–Crippen LogP) is 5.12. The number of aromatic nitrogens is 4. The van der Waals surface area contributed by atoms with Crippen molar-refractivity contribution in [2.24, 2.45) is 0 Å². The number of aliphatic carboxylic acids is 1. The van der Waals surface area contributed by atoms with Crippen molar-refractivity contribution >= 4 is 17.4 Å². The van der Waals surface area contributed by atoms with E-state index in [9.17, 15) is 18.0 Å². The minimum absolute atomic E-state index is 0.187. The van der Waals surface area contributed by atoms with Gasteiger partial charge in [-0.05, 0) is 42.8 Å². The number of fused-ring (bicyclic) bond motifs is 1. The summed E-state index contributed by atoms with van der Waals surface area (Å²) in [6.07, 6.45) is 2.68. The third-order valence-corrected chi connectivity index (χ3v) is 5.66. The number of nitrogens with one attached hydrogen (secondary N) is 1. The Bertz CT molecular complexity index is 1580. The zero-order valence-electron chi connectivity index (χ0n) is 20.8. The molecule has 5 aromatic rings. The first-order valence-electron chi connectivity index (χ1n) is 11.8. The van der Waals surface area contributed by atoms with Gasteiger partial charge in [-0.25, -0.2) is 9.78 Å². The normalized spacial score (nSPS) is 11.1. The minimum Gasteiger partial charge on any atom is -0.475 e. The topological polar surface area (TPSA) is 102 Å². The summed E-state index contributed by atoms with van der Waals surface area (Å²) in [5.41, 5.74) is 5.38. The van der Waals surface area contributed by atoms with Crippen LogP contribution in [0.25, 0.3) is 16.9 Å². The lowest BCUT2D eigenvalue weighted by Crippen LogP contribution is -2.23. The zero-order chi connectivity index (χ0) is 28.0. The standard InChI is InChI=1S/C26H23N5O.C2HF3O2/c1-19-8-10-20(11-9-19)16-28-26(32)24-23-7-3-5-14-31(23)25(29-24)21-12-15-30(17-21)18-22-6-2-4-13-27-22;3-2(4,5)1(6)7/h2-15,17H,16,18H2,1H3,(H,28,32);(H,6,7). The molecule has 0 aliphatic carbocycles. The third kappa shape index (κ3) is 6.89.